The second kappa shape index (κ2) is 4.49. The Morgan fingerprint density at radius 1 is 0.938 bits per heavy atom. The third-order valence-corrected chi connectivity index (χ3v) is 2.32. The number of aldehydes is 1. The van der Waals surface area contributed by atoms with E-state index in [1.165, 1.54) is 0 Å². The van der Waals surface area contributed by atoms with Crippen LogP contribution in [0, 0.1) is 0 Å². The molecule has 0 atom stereocenters. The van der Waals surface area contributed by atoms with Gasteiger partial charge >= 0.3 is 0 Å². The second-order valence-corrected chi connectivity index (χ2v) is 3.42. The lowest BCUT2D eigenvalue weighted by Gasteiger charge is -2.10. The highest BCUT2D eigenvalue weighted by Gasteiger charge is 2.02. The van der Waals surface area contributed by atoms with E-state index in [2.05, 4.69) is 5.32 Å². The molecule has 0 aromatic heterocycles. The van der Waals surface area contributed by atoms with Crippen LogP contribution in [0.5, 0.6) is 0 Å². The molecule has 2 aromatic carbocycles. The summed E-state index contributed by atoms with van der Waals surface area (Å²) in [6.07, 6.45) is 0.821. The van der Waals surface area contributed by atoms with Crippen molar-refractivity contribution in [3.05, 3.63) is 54.1 Å². The molecule has 0 unspecified atom stereocenters. The predicted molar refractivity (Wildman–Crippen MR) is 66.0 cm³/mol. The van der Waals surface area contributed by atoms with Crippen LogP contribution in [0.1, 0.15) is 10.4 Å². The molecule has 2 rings (SSSR count). The van der Waals surface area contributed by atoms with Crippen LogP contribution in [0.4, 0.5) is 17.1 Å². The van der Waals surface area contributed by atoms with Crippen LogP contribution < -0.4 is 11.1 Å². The highest BCUT2D eigenvalue weighted by molar-refractivity contribution is 5.87. The topological polar surface area (TPSA) is 55.1 Å². The van der Waals surface area contributed by atoms with E-state index in [4.69, 9.17) is 5.73 Å². The molecule has 0 saturated carbocycles. The second-order valence-electron chi connectivity index (χ2n) is 3.42. The molecule has 0 heterocycles. The summed E-state index contributed by atoms with van der Waals surface area (Å²) in [7, 11) is 0. The van der Waals surface area contributed by atoms with Crippen molar-refractivity contribution in [1.29, 1.82) is 0 Å². The van der Waals surface area contributed by atoms with E-state index in [1.807, 2.05) is 42.5 Å². The molecule has 0 amide bonds. The zero-order valence-electron chi connectivity index (χ0n) is 8.68. The molecule has 0 fully saturated rings. The number of rotatable bonds is 3. The summed E-state index contributed by atoms with van der Waals surface area (Å²) in [6.45, 7) is 0. The minimum atomic E-state index is 0.616. The molecule has 0 radical (unpaired) electrons. The van der Waals surface area contributed by atoms with Crippen molar-refractivity contribution < 1.29 is 4.79 Å². The van der Waals surface area contributed by atoms with Crippen molar-refractivity contribution in [2.24, 2.45) is 0 Å². The van der Waals surface area contributed by atoms with Gasteiger partial charge in [0.1, 0.15) is 0 Å². The molecular formula is C13H12N2O. The fourth-order valence-electron chi connectivity index (χ4n) is 1.47. The Labute approximate surface area is 93.9 Å². The highest BCUT2D eigenvalue weighted by atomic mass is 16.1. The molecule has 0 spiro atoms. The van der Waals surface area contributed by atoms with E-state index in [0.29, 0.717) is 11.3 Å². The number of anilines is 3. The van der Waals surface area contributed by atoms with E-state index in [1.54, 1.807) is 6.07 Å². The van der Waals surface area contributed by atoms with Gasteiger partial charge in [0.05, 0.1) is 11.4 Å². The molecule has 3 heteroatoms. The Morgan fingerprint density at radius 3 is 2.25 bits per heavy atom. The van der Waals surface area contributed by atoms with Gasteiger partial charge in [0.2, 0.25) is 0 Å². The maximum Gasteiger partial charge on any atom is 0.152 e. The lowest BCUT2D eigenvalue weighted by Crippen LogP contribution is -1.98. The van der Waals surface area contributed by atoms with Crippen LogP contribution in [0.15, 0.2) is 48.5 Å². The van der Waals surface area contributed by atoms with Gasteiger partial charge in [-0.2, -0.15) is 0 Å². The van der Waals surface area contributed by atoms with E-state index in [-0.39, 0.29) is 0 Å². The molecule has 3 N–H and O–H groups in total. The summed E-state index contributed by atoms with van der Waals surface area (Å²) < 4.78 is 0. The van der Waals surface area contributed by atoms with Gasteiger partial charge in [-0.3, -0.25) is 4.79 Å². The average Bonchev–Trinajstić information content (AvgIpc) is 2.33. The molecule has 0 aliphatic rings. The van der Waals surface area contributed by atoms with Crippen LogP contribution >= 0.6 is 0 Å². The first-order valence-corrected chi connectivity index (χ1v) is 4.97. The first kappa shape index (κ1) is 10.2. The third-order valence-electron chi connectivity index (χ3n) is 2.32. The van der Waals surface area contributed by atoms with Gasteiger partial charge in [0.15, 0.2) is 6.29 Å². The van der Waals surface area contributed by atoms with Crippen molar-refractivity contribution in [2.45, 2.75) is 0 Å². The van der Waals surface area contributed by atoms with Crippen molar-refractivity contribution >= 4 is 23.3 Å². The molecule has 0 bridgehead atoms. The molecule has 0 aliphatic carbocycles. The number of nitrogens with two attached hydrogens (primary N) is 1. The standard InChI is InChI=1S/C13H12N2O/c14-11-6-2-4-8-13(11)15-12-7-3-1-5-10(12)9-16/h1-9,15H,14H2. The zero-order valence-corrected chi connectivity index (χ0v) is 8.68. The lowest BCUT2D eigenvalue weighted by atomic mass is 10.2. The number of nitrogens with one attached hydrogen (secondary N) is 1. The molecule has 0 aliphatic heterocycles. The largest absolute Gasteiger partial charge is 0.397 e. The molecule has 16 heavy (non-hydrogen) atoms. The Kier molecular flexibility index (Phi) is 2.87. The van der Waals surface area contributed by atoms with E-state index >= 15 is 0 Å². The molecule has 80 valence electrons. The van der Waals surface area contributed by atoms with Crippen LogP contribution in [0.2, 0.25) is 0 Å². The normalized spacial score (nSPS) is 9.75. The van der Waals surface area contributed by atoms with E-state index in [0.717, 1.165) is 17.7 Å². The van der Waals surface area contributed by atoms with Gasteiger partial charge in [-0.25, -0.2) is 0 Å². The molecule has 0 saturated heterocycles. The maximum absolute atomic E-state index is 10.8. The first-order chi connectivity index (χ1) is 7.81. The Morgan fingerprint density at radius 2 is 1.56 bits per heavy atom. The summed E-state index contributed by atoms with van der Waals surface area (Å²) in [5.74, 6) is 0. The summed E-state index contributed by atoms with van der Waals surface area (Å²) >= 11 is 0. The smallest absolute Gasteiger partial charge is 0.152 e. The van der Waals surface area contributed by atoms with Crippen LogP contribution in [-0.2, 0) is 0 Å². The third kappa shape index (κ3) is 2.03. The van der Waals surface area contributed by atoms with Crippen LogP contribution in [0.25, 0.3) is 0 Å². The Bertz CT molecular complexity index is 509. The molecule has 3 nitrogen and oxygen atoms in total. The number of para-hydroxylation sites is 3. The zero-order chi connectivity index (χ0) is 11.4. The van der Waals surface area contributed by atoms with Gasteiger partial charge in [-0.15, -0.1) is 0 Å². The minimum Gasteiger partial charge on any atom is -0.397 e. The number of hydrogen-bond donors (Lipinski definition) is 2. The summed E-state index contributed by atoms with van der Waals surface area (Å²) in [6, 6.07) is 14.7. The van der Waals surface area contributed by atoms with Crippen molar-refractivity contribution in [3.63, 3.8) is 0 Å². The fourth-order valence-corrected chi connectivity index (χ4v) is 1.47. The summed E-state index contributed by atoms with van der Waals surface area (Å²) in [5, 5.41) is 3.14. The van der Waals surface area contributed by atoms with E-state index < -0.39 is 0 Å². The van der Waals surface area contributed by atoms with Crippen molar-refractivity contribution in [2.75, 3.05) is 11.1 Å². The summed E-state index contributed by atoms with van der Waals surface area (Å²) in [4.78, 5) is 10.8. The maximum atomic E-state index is 10.8. The van der Waals surface area contributed by atoms with Crippen molar-refractivity contribution in [1.82, 2.24) is 0 Å². The highest BCUT2D eigenvalue weighted by Crippen LogP contribution is 2.24. The van der Waals surface area contributed by atoms with Gasteiger partial charge in [0, 0.05) is 11.3 Å². The number of benzene rings is 2. The average molecular weight is 212 g/mol. The first-order valence-electron chi connectivity index (χ1n) is 4.97. The van der Waals surface area contributed by atoms with Gasteiger partial charge in [0.25, 0.3) is 0 Å². The fraction of sp³-hybridized carbons (Fsp3) is 0. The van der Waals surface area contributed by atoms with Gasteiger partial charge in [-0.1, -0.05) is 24.3 Å². The SMILES string of the molecule is Nc1ccccc1Nc1ccccc1C=O. The monoisotopic (exact) mass is 212 g/mol. The van der Waals surface area contributed by atoms with Gasteiger partial charge in [-0.05, 0) is 24.3 Å². The molecule has 2 aromatic rings. The molecular weight excluding hydrogens is 200 g/mol. The Hall–Kier alpha value is -2.29. The number of nitrogen functional groups attached to an aromatic ring is 1. The number of carbonyl (C=O) groups is 1. The predicted octanol–water partition coefficient (Wildman–Crippen LogP) is 2.82. The number of carbonyl (C=O) groups excluding carboxylic acids is 1. The Balaban J connectivity index is 2.34. The number of hydrogen-bond acceptors (Lipinski definition) is 3. The van der Waals surface area contributed by atoms with Gasteiger partial charge < -0.3 is 11.1 Å². The summed E-state index contributed by atoms with van der Waals surface area (Å²) in [5.41, 5.74) is 8.64. The lowest BCUT2D eigenvalue weighted by molar-refractivity contribution is 0.112. The van der Waals surface area contributed by atoms with Crippen molar-refractivity contribution in [3.8, 4) is 0 Å². The quantitative estimate of drug-likeness (QED) is 0.607. The minimum absolute atomic E-state index is 0.616. The van der Waals surface area contributed by atoms with E-state index in [9.17, 15) is 4.79 Å². The van der Waals surface area contributed by atoms with Crippen LogP contribution in [0.3, 0.4) is 0 Å². The van der Waals surface area contributed by atoms with Crippen LogP contribution in [-0.4, -0.2) is 6.29 Å².